The van der Waals surface area contributed by atoms with Crippen molar-refractivity contribution < 1.29 is 9.18 Å². The molecule has 0 saturated carbocycles. The van der Waals surface area contributed by atoms with Crippen LogP contribution in [0.2, 0.25) is 0 Å². The minimum Gasteiger partial charge on any atom is -0.318 e. The van der Waals surface area contributed by atoms with Gasteiger partial charge in [0.15, 0.2) is 0 Å². The standard InChI is InChI=1S/C13H13FN4O/c1-8-4-2-5-9(14)12(8)17-13(19)10-6-3-7-11(16-10)18-15/h2-7H,15H2,1H3,(H,16,18)(H,17,19). The Morgan fingerprint density at radius 3 is 2.68 bits per heavy atom. The summed E-state index contributed by atoms with van der Waals surface area (Å²) in [5, 5.41) is 2.50. The van der Waals surface area contributed by atoms with Gasteiger partial charge in [0, 0.05) is 0 Å². The Morgan fingerprint density at radius 2 is 2.00 bits per heavy atom. The summed E-state index contributed by atoms with van der Waals surface area (Å²) in [6.07, 6.45) is 0. The quantitative estimate of drug-likeness (QED) is 0.583. The Morgan fingerprint density at radius 1 is 1.26 bits per heavy atom. The second-order valence-electron chi connectivity index (χ2n) is 3.94. The van der Waals surface area contributed by atoms with Crippen LogP contribution in [0.25, 0.3) is 0 Å². The number of carbonyl (C=O) groups is 1. The van der Waals surface area contributed by atoms with Crippen molar-refractivity contribution in [2.24, 2.45) is 5.84 Å². The van der Waals surface area contributed by atoms with Gasteiger partial charge in [-0.3, -0.25) is 4.79 Å². The maximum Gasteiger partial charge on any atom is 0.274 e. The summed E-state index contributed by atoms with van der Waals surface area (Å²) in [7, 11) is 0. The first-order valence-corrected chi connectivity index (χ1v) is 5.62. The Hall–Kier alpha value is -2.47. The molecule has 1 heterocycles. The van der Waals surface area contributed by atoms with Crippen molar-refractivity contribution in [1.29, 1.82) is 0 Å². The Bertz CT molecular complexity index is 595. The number of nitrogen functional groups attached to an aromatic ring is 1. The van der Waals surface area contributed by atoms with E-state index in [0.717, 1.165) is 0 Å². The number of hydrazine groups is 1. The zero-order chi connectivity index (χ0) is 13.8. The van der Waals surface area contributed by atoms with Crippen LogP contribution in [-0.4, -0.2) is 10.9 Å². The number of halogens is 1. The van der Waals surface area contributed by atoms with Crippen molar-refractivity contribution in [2.75, 3.05) is 10.7 Å². The highest BCUT2D eigenvalue weighted by Gasteiger charge is 2.12. The minimum atomic E-state index is -0.495. The van der Waals surface area contributed by atoms with E-state index in [9.17, 15) is 9.18 Å². The van der Waals surface area contributed by atoms with Gasteiger partial charge in [-0.05, 0) is 30.7 Å². The average molecular weight is 260 g/mol. The van der Waals surface area contributed by atoms with Gasteiger partial charge in [-0.2, -0.15) is 0 Å². The summed E-state index contributed by atoms with van der Waals surface area (Å²) < 4.78 is 13.6. The van der Waals surface area contributed by atoms with Gasteiger partial charge in [-0.15, -0.1) is 0 Å². The summed E-state index contributed by atoms with van der Waals surface area (Å²) in [5.74, 6) is 4.59. The van der Waals surface area contributed by atoms with Crippen molar-refractivity contribution in [2.45, 2.75) is 6.92 Å². The van der Waals surface area contributed by atoms with E-state index >= 15 is 0 Å². The molecular weight excluding hydrogens is 247 g/mol. The maximum atomic E-state index is 13.6. The van der Waals surface area contributed by atoms with Crippen LogP contribution in [0.1, 0.15) is 16.1 Å². The summed E-state index contributed by atoms with van der Waals surface area (Å²) in [6.45, 7) is 1.71. The molecule has 19 heavy (non-hydrogen) atoms. The molecule has 5 nitrogen and oxygen atoms in total. The zero-order valence-electron chi connectivity index (χ0n) is 10.3. The van der Waals surface area contributed by atoms with Crippen LogP contribution in [0.4, 0.5) is 15.9 Å². The van der Waals surface area contributed by atoms with Gasteiger partial charge in [0.25, 0.3) is 5.91 Å². The molecule has 2 rings (SSSR count). The highest BCUT2D eigenvalue weighted by Crippen LogP contribution is 2.19. The number of nitrogens with zero attached hydrogens (tertiary/aromatic N) is 1. The van der Waals surface area contributed by atoms with Crippen molar-refractivity contribution in [3.8, 4) is 0 Å². The number of carbonyl (C=O) groups excluding carboxylic acids is 1. The lowest BCUT2D eigenvalue weighted by Gasteiger charge is -2.09. The fourth-order valence-corrected chi connectivity index (χ4v) is 1.61. The summed E-state index contributed by atoms with van der Waals surface area (Å²) in [4.78, 5) is 16.0. The lowest BCUT2D eigenvalue weighted by molar-refractivity contribution is 0.102. The molecule has 0 aliphatic heterocycles. The predicted molar refractivity (Wildman–Crippen MR) is 71.1 cm³/mol. The molecule has 0 bridgehead atoms. The van der Waals surface area contributed by atoms with E-state index in [4.69, 9.17) is 5.84 Å². The van der Waals surface area contributed by atoms with Crippen LogP contribution in [0.3, 0.4) is 0 Å². The molecule has 2 aromatic rings. The lowest BCUT2D eigenvalue weighted by atomic mass is 10.2. The summed E-state index contributed by atoms with van der Waals surface area (Å²) >= 11 is 0. The molecule has 1 aromatic heterocycles. The highest BCUT2D eigenvalue weighted by molar-refractivity contribution is 6.03. The van der Waals surface area contributed by atoms with Gasteiger partial charge < -0.3 is 10.7 Å². The number of para-hydroxylation sites is 1. The third kappa shape index (κ3) is 2.86. The third-order valence-corrected chi connectivity index (χ3v) is 2.59. The largest absolute Gasteiger partial charge is 0.318 e. The van der Waals surface area contributed by atoms with Crippen molar-refractivity contribution in [3.63, 3.8) is 0 Å². The number of hydrogen-bond acceptors (Lipinski definition) is 4. The summed E-state index contributed by atoms with van der Waals surface area (Å²) in [5.41, 5.74) is 3.29. The normalized spacial score (nSPS) is 10.1. The molecule has 4 N–H and O–H groups in total. The predicted octanol–water partition coefficient (Wildman–Crippen LogP) is 2.07. The first-order chi connectivity index (χ1) is 9.11. The number of benzene rings is 1. The van der Waals surface area contributed by atoms with Crippen LogP contribution in [0.15, 0.2) is 36.4 Å². The number of pyridine rings is 1. The van der Waals surface area contributed by atoms with Crippen molar-refractivity contribution >= 4 is 17.4 Å². The second kappa shape index (κ2) is 5.45. The SMILES string of the molecule is Cc1cccc(F)c1NC(=O)c1cccc(NN)n1. The fourth-order valence-electron chi connectivity index (χ4n) is 1.61. The highest BCUT2D eigenvalue weighted by atomic mass is 19.1. The van der Waals surface area contributed by atoms with Crippen LogP contribution < -0.4 is 16.6 Å². The Labute approximate surface area is 109 Å². The Kier molecular flexibility index (Phi) is 3.72. The van der Waals surface area contributed by atoms with Gasteiger partial charge in [-0.1, -0.05) is 18.2 Å². The van der Waals surface area contributed by atoms with Crippen molar-refractivity contribution in [1.82, 2.24) is 4.98 Å². The van der Waals surface area contributed by atoms with E-state index in [1.807, 2.05) is 0 Å². The topological polar surface area (TPSA) is 80.0 Å². The van der Waals surface area contributed by atoms with E-state index in [2.05, 4.69) is 15.7 Å². The maximum absolute atomic E-state index is 13.6. The number of aromatic nitrogens is 1. The van der Waals surface area contributed by atoms with Crippen LogP contribution in [0, 0.1) is 12.7 Å². The lowest BCUT2D eigenvalue weighted by Crippen LogP contribution is -2.17. The van der Waals surface area contributed by atoms with E-state index < -0.39 is 11.7 Å². The number of aryl methyl sites for hydroxylation is 1. The number of nitrogens with two attached hydrogens (primary N) is 1. The molecule has 6 heteroatoms. The molecule has 1 amide bonds. The van der Waals surface area contributed by atoms with Gasteiger partial charge in [0.2, 0.25) is 0 Å². The first-order valence-electron chi connectivity index (χ1n) is 5.62. The van der Waals surface area contributed by atoms with Crippen LogP contribution >= 0.6 is 0 Å². The number of nitrogens with one attached hydrogen (secondary N) is 2. The first kappa shape index (κ1) is 13.0. The minimum absolute atomic E-state index is 0.151. The van der Waals surface area contributed by atoms with Gasteiger partial charge in [-0.25, -0.2) is 15.2 Å². The van der Waals surface area contributed by atoms with E-state index in [0.29, 0.717) is 11.4 Å². The average Bonchev–Trinajstić information content (AvgIpc) is 2.43. The Balaban J connectivity index is 2.25. The molecule has 0 fully saturated rings. The molecule has 98 valence electrons. The van der Waals surface area contributed by atoms with E-state index in [1.54, 1.807) is 31.2 Å². The number of anilines is 2. The molecule has 0 saturated heterocycles. The zero-order valence-corrected chi connectivity index (χ0v) is 10.3. The molecule has 0 spiro atoms. The van der Waals surface area contributed by atoms with Gasteiger partial charge >= 0.3 is 0 Å². The number of hydrogen-bond donors (Lipinski definition) is 3. The van der Waals surface area contributed by atoms with Crippen LogP contribution in [-0.2, 0) is 0 Å². The molecule has 0 aliphatic carbocycles. The number of rotatable bonds is 3. The monoisotopic (exact) mass is 260 g/mol. The second-order valence-corrected chi connectivity index (χ2v) is 3.94. The summed E-state index contributed by atoms with van der Waals surface area (Å²) in [6, 6.07) is 9.35. The van der Waals surface area contributed by atoms with Gasteiger partial charge in [0.1, 0.15) is 17.3 Å². The molecular formula is C13H13FN4O. The van der Waals surface area contributed by atoms with Crippen LogP contribution in [0.5, 0.6) is 0 Å². The molecule has 0 radical (unpaired) electrons. The molecule has 0 atom stereocenters. The van der Waals surface area contributed by atoms with Gasteiger partial charge in [0.05, 0.1) is 5.69 Å². The van der Waals surface area contributed by atoms with Crippen molar-refractivity contribution in [3.05, 3.63) is 53.5 Å². The van der Waals surface area contributed by atoms with E-state index in [-0.39, 0.29) is 11.4 Å². The van der Waals surface area contributed by atoms with E-state index in [1.165, 1.54) is 12.1 Å². The third-order valence-electron chi connectivity index (χ3n) is 2.59. The fraction of sp³-hybridized carbons (Fsp3) is 0.0769. The molecule has 1 aromatic carbocycles. The smallest absolute Gasteiger partial charge is 0.274 e. The molecule has 0 unspecified atom stereocenters. The molecule has 0 aliphatic rings. The number of amides is 1.